The summed E-state index contributed by atoms with van der Waals surface area (Å²) in [6, 6.07) is 6.81. The number of benzene rings is 2. The SMILES string of the molecule is COc1ccc(S(=O)(=O)Nc2cc(F)c(O)c(F)c2)cc1. The van der Waals surface area contributed by atoms with E-state index >= 15 is 0 Å². The Morgan fingerprint density at radius 2 is 1.62 bits per heavy atom. The van der Waals surface area contributed by atoms with Gasteiger partial charge in [-0.15, -0.1) is 0 Å². The van der Waals surface area contributed by atoms with Crippen LogP contribution < -0.4 is 9.46 Å². The topological polar surface area (TPSA) is 75.6 Å². The zero-order valence-electron chi connectivity index (χ0n) is 10.8. The average Bonchev–Trinajstić information content (AvgIpc) is 2.44. The second kappa shape index (κ2) is 5.57. The van der Waals surface area contributed by atoms with Gasteiger partial charge in [0.2, 0.25) is 0 Å². The lowest BCUT2D eigenvalue weighted by molar-refractivity contribution is 0.396. The molecule has 0 saturated heterocycles. The van der Waals surface area contributed by atoms with E-state index in [1.165, 1.54) is 31.4 Å². The first-order valence-electron chi connectivity index (χ1n) is 5.68. The van der Waals surface area contributed by atoms with Gasteiger partial charge < -0.3 is 9.84 Å². The molecule has 0 aromatic heterocycles. The Morgan fingerprint density at radius 1 is 1.10 bits per heavy atom. The summed E-state index contributed by atoms with van der Waals surface area (Å²) in [6.45, 7) is 0. The van der Waals surface area contributed by atoms with Crippen LogP contribution in [0, 0.1) is 11.6 Å². The van der Waals surface area contributed by atoms with Crippen LogP contribution in [0.3, 0.4) is 0 Å². The fourth-order valence-corrected chi connectivity index (χ4v) is 2.63. The Morgan fingerprint density at radius 3 is 2.10 bits per heavy atom. The van der Waals surface area contributed by atoms with Gasteiger partial charge in [0.15, 0.2) is 17.4 Å². The van der Waals surface area contributed by atoms with Crippen molar-refractivity contribution in [1.82, 2.24) is 0 Å². The summed E-state index contributed by atoms with van der Waals surface area (Å²) >= 11 is 0. The zero-order valence-corrected chi connectivity index (χ0v) is 11.6. The molecule has 2 rings (SSSR count). The van der Waals surface area contributed by atoms with Crippen molar-refractivity contribution >= 4 is 15.7 Å². The highest BCUT2D eigenvalue weighted by Crippen LogP contribution is 2.26. The van der Waals surface area contributed by atoms with Gasteiger partial charge in [0.05, 0.1) is 17.7 Å². The summed E-state index contributed by atoms with van der Waals surface area (Å²) in [5.41, 5.74) is -0.335. The highest BCUT2D eigenvalue weighted by molar-refractivity contribution is 7.92. The van der Waals surface area contributed by atoms with Gasteiger partial charge in [-0.2, -0.15) is 0 Å². The fourth-order valence-electron chi connectivity index (χ4n) is 1.59. The summed E-state index contributed by atoms with van der Waals surface area (Å²) in [5, 5.41) is 8.96. The molecular formula is C13H11F2NO4S. The molecule has 2 aromatic carbocycles. The monoisotopic (exact) mass is 315 g/mol. The number of hydrogen-bond acceptors (Lipinski definition) is 4. The molecule has 2 N–H and O–H groups in total. The first-order chi connectivity index (χ1) is 9.83. The highest BCUT2D eigenvalue weighted by atomic mass is 32.2. The number of phenolic OH excluding ortho intramolecular Hbond substituents is 1. The molecule has 0 aliphatic rings. The van der Waals surface area contributed by atoms with Crippen molar-refractivity contribution in [3.63, 3.8) is 0 Å². The molecule has 0 radical (unpaired) electrons. The van der Waals surface area contributed by atoms with Crippen LogP contribution in [0.25, 0.3) is 0 Å². The Labute approximate surface area is 119 Å². The molecule has 0 aliphatic carbocycles. The predicted molar refractivity (Wildman–Crippen MR) is 71.8 cm³/mol. The van der Waals surface area contributed by atoms with Gasteiger partial charge in [-0.3, -0.25) is 4.72 Å². The minimum atomic E-state index is -4.01. The lowest BCUT2D eigenvalue weighted by Gasteiger charge is -2.09. The molecule has 8 heteroatoms. The second-order valence-corrected chi connectivity index (χ2v) is 5.75. The third-order valence-corrected chi connectivity index (χ3v) is 4.04. The molecule has 0 fully saturated rings. The number of phenols is 1. The number of rotatable bonds is 4. The molecule has 0 aliphatic heterocycles. The highest BCUT2D eigenvalue weighted by Gasteiger charge is 2.17. The molecule has 112 valence electrons. The van der Waals surface area contributed by atoms with Crippen LogP contribution in [0.4, 0.5) is 14.5 Å². The van der Waals surface area contributed by atoms with Gasteiger partial charge in [-0.05, 0) is 24.3 Å². The molecule has 0 unspecified atom stereocenters. The van der Waals surface area contributed by atoms with E-state index in [0.717, 1.165) is 0 Å². The Kier molecular flexibility index (Phi) is 3.99. The normalized spacial score (nSPS) is 11.2. The molecule has 0 atom stereocenters. The van der Waals surface area contributed by atoms with Crippen LogP contribution in [0.2, 0.25) is 0 Å². The molecule has 21 heavy (non-hydrogen) atoms. The minimum absolute atomic E-state index is 0.0998. The average molecular weight is 315 g/mol. The third kappa shape index (κ3) is 3.22. The third-order valence-electron chi connectivity index (χ3n) is 2.64. The molecule has 5 nitrogen and oxygen atoms in total. The van der Waals surface area contributed by atoms with Crippen molar-refractivity contribution in [2.24, 2.45) is 0 Å². The Hall–Kier alpha value is -2.35. The molecule has 0 amide bonds. The molecule has 0 spiro atoms. The Bertz CT molecular complexity index is 737. The van der Waals surface area contributed by atoms with Crippen LogP contribution in [-0.4, -0.2) is 20.6 Å². The zero-order chi connectivity index (χ0) is 15.6. The van der Waals surface area contributed by atoms with Crippen LogP contribution in [0.5, 0.6) is 11.5 Å². The number of nitrogens with one attached hydrogen (secondary N) is 1. The Balaban J connectivity index is 2.32. The van der Waals surface area contributed by atoms with E-state index in [1.54, 1.807) is 0 Å². The summed E-state index contributed by atoms with van der Waals surface area (Å²) in [7, 11) is -2.57. The first-order valence-corrected chi connectivity index (χ1v) is 7.16. The standard InChI is InChI=1S/C13H11F2NO4S/c1-20-9-2-4-10(5-3-9)21(18,19)16-8-6-11(14)13(17)12(15)7-8/h2-7,16-17H,1H3. The quantitative estimate of drug-likeness (QED) is 0.850. The second-order valence-electron chi connectivity index (χ2n) is 4.07. The number of ether oxygens (including phenoxy) is 1. The van der Waals surface area contributed by atoms with E-state index in [0.29, 0.717) is 17.9 Å². The summed E-state index contributed by atoms with van der Waals surface area (Å²) in [4.78, 5) is -0.0998. The van der Waals surface area contributed by atoms with E-state index in [9.17, 15) is 17.2 Å². The maximum atomic E-state index is 13.2. The maximum absolute atomic E-state index is 13.2. The van der Waals surface area contributed by atoms with Gasteiger partial charge in [0.25, 0.3) is 10.0 Å². The largest absolute Gasteiger partial charge is 0.503 e. The van der Waals surface area contributed by atoms with Crippen LogP contribution in [-0.2, 0) is 10.0 Å². The van der Waals surface area contributed by atoms with Crippen LogP contribution in [0.15, 0.2) is 41.3 Å². The minimum Gasteiger partial charge on any atom is -0.503 e. The number of sulfonamides is 1. The molecule has 2 aromatic rings. The number of hydrogen-bond donors (Lipinski definition) is 2. The summed E-state index contributed by atoms with van der Waals surface area (Å²) in [6.07, 6.45) is 0. The van der Waals surface area contributed by atoms with Gasteiger partial charge in [-0.1, -0.05) is 0 Å². The van der Waals surface area contributed by atoms with Crippen molar-refractivity contribution in [1.29, 1.82) is 0 Å². The van der Waals surface area contributed by atoms with E-state index in [1.807, 2.05) is 4.72 Å². The maximum Gasteiger partial charge on any atom is 0.261 e. The fraction of sp³-hybridized carbons (Fsp3) is 0.0769. The van der Waals surface area contributed by atoms with Crippen molar-refractivity contribution in [2.45, 2.75) is 4.90 Å². The molecule has 0 heterocycles. The lowest BCUT2D eigenvalue weighted by atomic mass is 10.3. The predicted octanol–water partition coefficient (Wildman–Crippen LogP) is 2.48. The number of aromatic hydroxyl groups is 1. The molecule has 0 bridgehead atoms. The van der Waals surface area contributed by atoms with E-state index in [4.69, 9.17) is 9.84 Å². The van der Waals surface area contributed by atoms with Crippen molar-refractivity contribution < 1.29 is 27.0 Å². The summed E-state index contributed by atoms with van der Waals surface area (Å²) < 4.78 is 57.4. The number of anilines is 1. The van der Waals surface area contributed by atoms with Crippen LogP contribution >= 0.6 is 0 Å². The first kappa shape index (κ1) is 15.0. The lowest BCUT2D eigenvalue weighted by Crippen LogP contribution is -2.13. The van der Waals surface area contributed by atoms with Crippen molar-refractivity contribution in [3.05, 3.63) is 48.0 Å². The van der Waals surface area contributed by atoms with Gasteiger partial charge in [0.1, 0.15) is 5.75 Å². The van der Waals surface area contributed by atoms with E-state index < -0.39 is 27.4 Å². The number of halogens is 2. The van der Waals surface area contributed by atoms with E-state index in [-0.39, 0.29) is 10.6 Å². The van der Waals surface area contributed by atoms with Gasteiger partial charge >= 0.3 is 0 Å². The van der Waals surface area contributed by atoms with Crippen molar-refractivity contribution in [3.8, 4) is 11.5 Å². The van der Waals surface area contributed by atoms with E-state index in [2.05, 4.69) is 0 Å². The van der Waals surface area contributed by atoms with Crippen LogP contribution in [0.1, 0.15) is 0 Å². The van der Waals surface area contributed by atoms with Crippen molar-refractivity contribution in [2.75, 3.05) is 11.8 Å². The molecule has 0 saturated carbocycles. The van der Waals surface area contributed by atoms with Gasteiger partial charge in [-0.25, -0.2) is 17.2 Å². The number of methoxy groups -OCH3 is 1. The smallest absolute Gasteiger partial charge is 0.261 e. The summed E-state index contributed by atoms with van der Waals surface area (Å²) in [5.74, 6) is -3.22. The molecular weight excluding hydrogens is 304 g/mol. The van der Waals surface area contributed by atoms with Gasteiger partial charge in [0, 0.05) is 12.1 Å².